The van der Waals surface area contributed by atoms with E-state index in [0.717, 1.165) is 24.9 Å². The highest BCUT2D eigenvalue weighted by Gasteiger charge is 2.17. The molecule has 180 valence electrons. The highest BCUT2D eigenvalue weighted by molar-refractivity contribution is 6.30. The third kappa shape index (κ3) is 6.05. The lowest BCUT2D eigenvalue weighted by molar-refractivity contribution is -0.122. The number of carbonyl (C=O) groups excluding carboxylic acids is 1. The van der Waals surface area contributed by atoms with Crippen LogP contribution in [0.2, 0.25) is 5.02 Å². The topological polar surface area (TPSA) is 67.2 Å². The number of halogens is 1. The highest BCUT2D eigenvalue weighted by atomic mass is 35.5. The summed E-state index contributed by atoms with van der Waals surface area (Å²) in [6, 6.07) is 13.1. The van der Waals surface area contributed by atoms with E-state index in [2.05, 4.69) is 16.3 Å². The molecule has 2 heterocycles. The maximum absolute atomic E-state index is 13.6. The Morgan fingerprint density at radius 1 is 1.12 bits per heavy atom. The third-order valence-corrected chi connectivity index (χ3v) is 6.48. The molecule has 34 heavy (non-hydrogen) atoms. The van der Waals surface area contributed by atoms with Crippen molar-refractivity contribution in [1.82, 2.24) is 19.8 Å². The Balaban J connectivity index is 1.66. The molecule has 4 rings (SSSR count). The number of hydrogen-bond acceptors (Lipinski definition) is 4. The molecule has 1 amide bonds. The summed E-state index contributed by atoms with van der Waals surface area (Å²) in [6.45, 7) is 7.17. The number of hydrogen-bond donors (Lipinski definition) is 1. The number of piperidine rings is 1. The standard InChI is InChI=1S/C27H33ClN4O2/c1-19(2)29-25(33)18-32-26(21-9-6-10-22(28)17-21)30-24-12-11-20(16-23(24)27(32)34)8-7-15-31-13-4-3-5-14-31/h6,9-12,16-17,19H,3-5,7-8,13-15,18H2,1-2H3,(H,29,33). The number of aryl methyl sites for hydroxylation is 1. The van der Waals surface area contributed by atoms with E-state index in [-0.39, 0.29) is 24.1 Å². The summed E-state index contributed by atoms with van der Waals surface area (Å²) < 4.78 is 1.46. The quantitative estimate of drug-likeness (QED) is 0.509. The number of aromatic nitrogens is 2. The first-order valence-corrected chi connectivity index (χ1v) is 12.6. The second-order valence-electron chi connectivity index (χ2n) is 9.42. The van der Waals surface area contributed by atoms with Gasteiger partial charge in [0.2, 0.25) is 5.91 Å². The molecule has 1 fully saturated rings. The molecular formula is C27H33ClN4O2. The van der Waals surface area contributed by atoms with Crippen molar-refractivity contribution in [2.45, 2.75) is 58.5 Å². The van der Waals surface area contributed by atoms with Gasteiger partial charge in [0, 0.05) is 16.6 Å². The molecule has 1 N–H and O–H groups in total. The molecule has 7 heteroatoms. The molecule has 3 aromatic rings. The summed E-state index contributed by atoms with van der Waals surface area (Å²) in [5.41, 5.74) is 2.24. The van der Waals surface area contributed by atoms with Gasteiger partial charge in [0.05, 0.1) is 10.9 Å². The molecule has 2 aromatic carbocycles. The fourth-order valence-corrected chi connectivity index (χ4v) is 4.81. The zero-order valence-electron chi connectivity index (χ0n) is 20.0. The highest BCUT2D eigenvalue weighted by Crippen LogP contribution is 2.23. The molecular weight excluding hydrogens is 448 g/mol. The largest absolute Gasteiger partial charge is 0.352 e. The summed E-state index contributed by atoms with van der Waals surface area (Å²) in [7, 11) is 0. The molecule has 1 aliphatic heterocycles. The first kappa shape index (κ1) is 24.4. The van der Waals surface area contributed by atoms with Gasteiger partial charge in [0.1, 0.15) is 12.4 Å². The first-order valence-electron chi connectivity index (χ1n) is 12.2. The molecule has 0 aliphatic carbocycles. The van der Waals surface area contributed by atoms with Crippen molar-refractivity contribution < 1.29 is 4.79 Å². The number of nitrogens with zero attached hydrogens (tertiary/aromatic N) is 3. The molecule has 1 aromatic heterocycles. The predicted molar refractivity (Wildman–Crippen MR) is 138 cm³/mol. The van der Waals surface area contributed by atoms with E-state index < -0.39 is 0 Å². The van der Waals surface area contributed by atoms with Gasteiger partial charge in [-0.15, -0.1) is 0 Å². The van der Waals surface area contributed by atoms with Crippen LogP contribution in [0.4, 0.5) is 0 Å². The van der Waals surface area contributed by atoms with Crippen LogP contribution >= 0.6 is 11.6 Å². The van der Waals surface area contributed by atoms with Crippen molar-refractivity contribution in [3.63, 3.8) is 0 Å². The van der Waals surface area contributed by atoms with Gasteiger partial charge in [-0.1, -0.05) is 36.2 Å². The van der Waals surface area contributed by atoms with Gasteiger partial charge in [0.25, 0.3) is 5.56 Å². The van der Waals surface area contributed by atoms with Crippen molar-refractivity contribution >= 4 is 28.4 Å². The number of benzene rings is 2. The minimum Gasteiger partial charge on any atom is -0.352 e. The summed E-state index contributed by atoms with van der Waals surface area (Å²) >= 11 is 6.21. The zero-order chi connectivity index (χ0) is 24.1. The number of rotatable bonds is 8. The second-order valence-corrected chi connectivity index (χ2v) is 9.85. The lowest BCUT2D eigenvalue weighted by Gasteiger charge is -2.26. The van der Waals surface area contributed by atoms with Crippen LogP contribution in [0.15, 0.2) is 47.3 Å². The maximum atomic E-state index is 13.6. The van der Waals surface area contributed by atoms with E-state index in [1.807, 2.05) is 38.1 Å². The fraction of sp³-hybridized carbons (Fsp3) is 0.444. The Hall–Kier alpha value is -2.70. The van der Waals surface area contributed by atoms with Crippen LogP contribution in [0.25, 0.3) is 22.3 Å². The van der Waals surface area contributed by atoms with Crippen LogP contribution in [0.3, 0.4) is 0 Å². The molecule has 0 spiro atoms. The normalized spacial score (nSPS) is 14.6. The summed E-state index contributed by atoms with van der Waals surface area (Å²) in [5.74, 6) is 0.218. The minimum absolute atomic E-state index is 0.0160. The smallest absolute Gasteiger partial charge is 0.262 e. The zero-order valence-corrected chi connectivity index (χ0v) is 20.8. The first-order chi connectivity index (χ1) is 16.4. The fourth-order valence-electron chi connectivity index (χ4n) is 4.62. The number of likely N-dealkylation sites (tertiary alicyclic amines) is 1. The van der Waals surface area contributed by atoms with E-state index in [4.69, 9.17) is 16.6 Å². The lowest BCUT2D eigenvalue weighted by Crippen LogP contribution is -2.37. The molecule has 0 unspecified atom stereocenters. The van der Waals surface area contributed by atoms with Crippen molar-refractivity contribution in [2.75, 3.05) is 19.6 Å². The third-order valence-electron chi connectivity index (χ3n) is 6.24. The van der Waals surface area contributed by atoms with Gasteiger partial charge in [-0.25, -0.2) is 4.98 Å². The van der Waals surface area contributed by atoms with Gasteiger partial charge in [-0.2, -0.15) is 0 Å². The Kier molecular flexibility index (Phi) is 8.01. The molecule has 1 aliphatic rings. The molecule has 6 nitrogen and oxygen atoms in total. The number of nitrogens with one attached hydrogen (secondary N) is 1. The SMILES string of the molecule is CC(C)NC(=O)Cn1c(-c2cccc(Cl)c2)nc2ccc(CCCN3CCCCC3)cc2c1=O. The Morgan fingerprint density at radius 3 is 2.65 bits per heavy atom. The number of amides is 1. The van der Waals surface area contributed by atoms with Gasteiger partial charge >= 0.3 is 0 Å². The monoisotopic (exact) mass is 480 g/mol. The molecule has 1 saturated heterocycles. The van der Waals surface area contributed by atoms with E-state index in [1.54, 1.807) is 12.1 Å². The van der Waals surface area contributed by atoms with Gasteiger partial charge in [-0.3, -0.25) is 14.2 Å². The summed E-state index contributed by atoms with van der Waals surface area (Å²) in [4.78, 5) is 33.5. The van der Waals surface area contributed by atoms with Crippen LogP contribution in [0, 0.1) is 0 Å². The average molecular weight is 481 g/mol. The average Bonchev–Trinajstić information content (AvgIpc) is 2.81. The van der Waals surface area contributed by atoms with Crippen LogP contribution in [-0.2, 0) is 17.8 Å². The lowest BCUT2D eigenvalue weighted by atomic mass is 10.1. The summed E-state index contributed by atoms with van der Waals surface area (Å²) in [5, 5.41) is 3.96. The van der Waals surface area contributed by atoms with E-state index >= 15 is 0 Å². The number of carbonyl (C=O) groups is 1. The number of fused-ring (bicyclic) bond motifs is 1. The predicted octanol–water partition coefficient (Wildman–Crippen LogP) is 4.66. The van der Waals surface area contributed by atoms with Gasteiger partial charge in [-0.05, 0) is 89.0 Å². The van der Waals surface area contributed by atoms with Crippen LogP contribution < -0.4 is 10.9 Å². The molecule has 0 bridgehead atoms. The molecule has 0 radical (unpaired) electrons. The summed E-state index contributed by atoms with van der Waals surface area (Å²) in [6.07, 6.45) is 5.90. The van der Waals surface area contributed by atoms with Crippen molar-refractivity contribution in [3.05, 3.63) is 63.4 Å². The Morgan fingerprint density at radius 2 is 1.91 bits per heavy atom. The van der Waals surface area contributed by atoms with Gasteiger partial charge < -0.3 is 10.2 Å². The van der Waals surface area contributed by atoms with Crippen LogP contribution in [0.1, 0.15) is 45.1 Å². The molecule has 0 saturated carbocycles. The Labute approximate surface area is 205 Å². The molecule has 0 atom stereocenters. The minimum atomic E-state index is -0.223. The van der Waals surface area contributed by atoms with E-state index in [1.165, 1.54) is 36.9 Å². The van der Waals surface area contributed by atoms with Gasteiger partial charge in [0.15, 0.2) is 0 Å². The Bertz CT molecular complexity index is 1210. The van der Waals surface area contributed by atoms with Crippen molar-refractivity contribution in [3.8, 4) is 11.4 Å². The maximum Gasteiger partial charge on any atom is 0.262 e. The second kappa shape index (κ2) is 11.2. The van der Waals surface area contributed by atoms with Crippen molar-refractivity contribution in [2.24, 2.45) is 0 Å². The van der Waals surface area contributed by atoms with E-state index in [9.17, 15) is 9.59 Å². The van der Waals surface area contributed by atoms with Crippen LogP contribution in [0.5, 0.6) is 0 Å². The van der Waals surface area contributed by atoms with Crippen molar-refractivity contribution in [1.29, 1.82) is 0 Å². The van der Waals surface area contributed by atoms with E-state index in [0.29, 0.717) is 27.3 Å². The van der Waals surface area contributed by atoms with Crippen LogP contribution in [-0.4, -0.2) is 46.0 Å².